The summed E-state index contributed by atoms with van der Waals surface area (Å²) in [5, 5.41) is 19.6. The Morgan fingerprint density at radius 3 is 2.20 bits per heavy atom. The van der Waals surface area contributed by atoms with Gasteiger partial charge in [-0.05, 0) is 78.8 Å². The van der Waals surface area contributed by atoms with E-state index in [-0.39, 0.29) is 30.3 Å². The summed E-state index contributed by atoms with van der Waals surface area (Å²) in [5.41, 5.74) is 2.55. The molecule has 3 aromatic carbocycles. The highest BCUT2D eigenvalue weighted by Crippen LogP contribution is 2.46. The fourth-order valence-corrected chi connectivity index (χ4v) is 5.39. The molecule has 210 valence electrons. The number of anilines is 1. The van der Waals surface area contributed by atoms with Crippen LogP contribution in [0.25, 0.3) is 0 Å². The molecule has 3 aromatic rings. The Bertz CT molecular complexity index is 1330. The number of aryl methyl sites for hydroxylation is 1. The Morgan fingerprint density at radius 1 is 1.00 bits per heavy atom. The number of aliphatic hydroxyl groups excluding tert-OH is 1. The molecule has 7 nitrogen and oxygen atoms in total. The standard InChI is InChI=1S/C31H31F2NO6/c32-23-7-5-21(6-8-23)27(35)14-13-26-29(34(30(26)38)25-11-9-24(33)10-12-25)22-3-1-20(2-4-22)15-16-31(18-39-19-31)40-17-28(36)37/h1-12,26-27,29,35H,13-19H2,(H,36,37)/t26-,27?,29?/m1/s1. The lowest BCUT2D eigenvalue weighted by molar-refractivity contribution is -0.216. The lowest BCUT2D eigenvalue weighted by Gasteiger charge is -2.48. The minimum absolute atomic E-state index is 0.102. The summed E-state index contributed by atoms with van der Waals surface area (Å²) in [6, 6.07) is 19.1. The van der Waals surface area contributed by atoms with E-state index in [2.05, 4.69) is 0 Å². The van der Waals surface area contributed by atoms with Crippen molar-refractivity contribution >= 4 is 17.6 Å². The maximum Gasteiger partial charge on any atom is 0.329 e. The second-order valence-electron chi connectivity index (χ2n) is 10.5. The first kappa shape index (κ1) is 27.9. The molecule has 40 heavy (non-hydrogen) atoms. The topological polar surface area (TPSA) is 96.3 Å². The molecule has 2 unspecified atom stereocenters. The number of carboxylic acids is 1. The average molecular weight is 552 g/mol. The number of carbonyl (C=O) groups is 2. The molecule has 3 atom stereocenters. The molecule has 2 aliphatic heterocycles. The maximum absolute atomic E-state index is 13.6. The predicted octanol–water partition coefficient (Wildman–Crippen LogP) is 4.99. The van der Waals surface area contributed by atoms with Crippen LogP contribution >= 0.6 is 0 Å². The Kier molecular flexibility index (Phi) is 8.25. The van der Waals surface area contributed by atoms with Crippen LogP contribution in [0.3, 0.4) is 0 Å². The fraction of sp³-hybridized carbons (Fsp3) is 0.355. The van der Waals surface area contributed by atoms with Crippen molar-refractivity contribution in [1.29, 1.82) is 0 Å². The average Bonchev–Trinajstić information content (AvgIpc) is 2.92. The molecule has 1 amide bonds. The van der Waals surface area contributed by atoms with E-state index in [4.69, 9.17) is 14.6 Å². The predicted molar refractivity (Wildman–Crippen MR) is 143 cm³/mol. The molecule has 0 aromatic heterocycles. The van der Waals surface area contributed by atoms with Gasteiger partial charge in [0.2, 0.25) is 5.91 Å². The molecule has 5 rings (SSSR count). The monoisotopic (exact) mass is 551 g/mol. The highest BCUT2D eigenvalue weighted by Gasteiger charge is 2.48. The Labute approximate surface area is 231 Å². The van der Waals surface area contributed by atoms with Crippen LogP contribution in [0.2, 0.25) is 0 Å². The lowest BCUT2D eigenvalue weighted by atomic mass is 9.78. The zero-order valence-corrected chi connectivity index (χ0v) is 21.8. The number of carbonyl (C=O) groups excluding carboxylic acids is 1. The van der Waals surface area contributed by atoms with Crippen LogP contribution in [0.4, 0.5) is 14.5 Å². The largest absolute Gasteiger partial charge is 0.480 e. The summed E-state index contributed by atoms with van der Waals surface area (Å²) < 4.78 is 37.7. The quantitative estimate of drug-likeness (QED) is 0.308. The molecule has 0 radical (unpaired) electrons. The second kappa shape index (κ2) is 11.8. The van der Waals surface area contributed by atoms with Crippen LogP contribution in [-0.2, 0) is 25.5 Å². The number of halogens is 2. The molecule has 0 aliphatic carbocycles. The van der Waals surface area contributed by atoms with Crippen molar-refractivity contribution in [3.8, 4) is 0 Å². The second-order valence-corrected chi connectivity index (χ2v) is 10.5. The van der Waals surface area contributed by atoms with Gasteiger partial charge < -0.3 is 24.6 Å². The van der Waals surface area contributed by atoms with Crippen molar-refractivity contribution in [2.24, 2.45) is 5.92 Å². The summed E-state index contributed by atoms with van der Waals surface area (Å²) in [7, 11) is 0. The van der Waals surface area contributed by atoms with Crippen LogP contribution < -0.4 is 4.90 Å². The number of aliphatic carboxylic acids is 1. The molecule has 9 heteroatoms. The van der Waals surface area contributed by atoms with Gasteiger partial charge in [0.05, 0.1) is 31.3 Å². The number of carboxylic acid groups (broad SMARTS) is 1. The van der Waals surface area contributed by atoms with E-state index in [0.29, 0.717) is 50.1 Å². The molecule has 0 spiro atoms. The van der Waals surface area contributed by atoms with Crippen molar-refractivity contribution in [3.05, 3.63) is 101 Å². The van der Waals surface area contributed by atoms with E-state index >= 15 is 0 Å². The van der Waals surface area contributed by atoms with Gasteiger partial charge in [-0.2, -0.15) is 0 Å². The first-order valence-corrected chi connectivity index (χ1v) is 13.3. The third kappa shape index (κ3) is 6.06. The highest BCUT2D eigenvalue weighted by atomic mass is 19.1. The number of β-lactam (4-membered cyclic amide) rings is 1. The van der Waals surface area contributed by atoms with Crippen molar-refractivity contribution in [1.82, 2.24) is 0 Å². The van der Waals surface area contributed by atoms with Crippen molar-refractivity contribution < 1.29 is 38.1 Å². The molecule has 0 bridgehead atoms. The molecular formula is C31H31F2NO6. The van der Waals surface area contributed by atoms with Gasteiger partial charge in [-0.1, -0.05) is 36.4 Å². The molecule has 2 aliphatic rings. The third-order valence-corrected chi connectivity index (χ3v) is 7.75. The molecule has 2 saturated heterocycles. The van der Waals surface area contributed by atoms with Crippen LogP contribution in [0.5, 0.6) is 0 Å². The van der Waals surface area contributed by atoms with Gasteiger partial charge in [-0.3, -0.25) is 4.79 Å². The number of aliphatic hydroxyl groups is 1. The number of benzene rings is 3. The fourth-order valence-electron chi connectivity index (χ4n) is 5.39. The lowest BCUT2D eigenvalue weighted by Crippen LogP contribution is -2.55. The molecular weight excluding hydrogens is 520 g/mol. The van der Waals surface area contributed by atoms with E-state index in [1.807, 2.05) is 24.3 Å². The highest BCUT2D eigenvalue weighted by molar-refractivity contribution is 6.03. The summed E-state index contributed by atoms with van der Waals surface area (Å²) in [6.45, 7) is 0.357. The normalized spacial score (nSPS) is 20.5. The Hall–Kier alpha value is -3.66. The summed E-state index contributed by atoms with van der Waals surface area (Å²) >= 11 is 0. The van der Waals surface area contributed by atoms with Gasteiger partial charge in [0.15, 0.2) is 0 Å². The van der Waals surface area contributed by atoms with Gasteiger partial charge in [-0.25, -0.2) is 13.6 Å². The molecule has 2 heterocycles. The van der Waals surface area contributed by atoms with Crippen molar-refractivity contribution in [2.75, 3.05) is 24.7 Å². The first-order chi connectivity index (χ1) is 19.2. The SMILES string of the molecule is O=C(O)COC1(CCc2ccc(C3[C@@H](CCC(O)c4ccc(F)cc4)C(=O)N3c3ccc(F)cc3)cc2)COC1. The van der Waals surface area contributed by atoms with Crippen LogP contribution in [0.15, 0.2) is 72.8 Å². The third-order valence-electron chi connectivity index (χ3n) is 7.75. The Balaban J connectivity index is 1.29. The molecule has 2 fully saturated rings. The Morgan fingerprint density at radius 2 is 1.62 bits per heavy atom. The van der Waals surface area contributed by atoms with E-state index < -0.39 is 23.5 Å². The van der Waals surface area contributed by atoms with Gasteiger partial charge in [-0.15, -0.1) is 0 Å². The minimum atomic E-state index is -1.02. The van der Waals surface area contributed by atoms with Gasteiger partial charge in [0.25, 0.3) is 0 Å². The van der Waals surface area contributed by atoms with Gasteiger partial charge in [0.1, 0.15) is 23.8 Å². The van der Waals surface area contributed by atoms with E-state index in [9.17, 15) is 23.5 Å². The smallest absolute Gasteiger partial charge is 0.329 e. The maximum atomic E-state index is 13.6. The molecule has 0 saturated carbocycles. The zero-order valence-electron chi connectivity index (χ0n) is 21.8. The minimum Gasteiger partial charge on any atom is -0.480 e. The first-order valence-electron chi connectivity index (χ1n) is 13.3. The van der Waals surface area contributed by atoms with Gasteiger partial charge in [0, 0.05) is 5.69 Å². The number of hydrogen-bond acceptors (Lipinski definition) is 5. The van der Waals surface area contributed by atoms with Gasteiger partial charge >= 0.3 is 5.97 Å². The van der Waals surface area contributed by atoms with Crippen LogP contribution in [-0.4, -0.2) is 47.5 Å². The molecule has 2 N–H and O–H groups in total. The summed E-state index contributed by atoms with van der Waals surface area (Å²) in [6.07, 6.45) is 1.20. The van der Waals surface area contributed by atoms with E-state index in [0.717, 1.165) is 11.1 Å². The number of ether oxygens (including phenoxy) is 2. The number of hydrogen-bond donors (Lipinski definition) is 2. The van der Waals surface area contributed by atoms with E-state index in [1.54, 1.807) is 17.0 Å². The number of amides is 1. The van der Waals surface area contributed by atoms with E-state index in [1.165, 1.54) is 36.4 Å². The number of rotatable bonds is 12. The number of nitrogens with zero attached hydrogens (tertiary/aromatic N) is 1. The van der Waals surface area contributed by atoms with Crippen LogP contribution in [0, 0.1) is 17.6 Å². The van der Waals surface area contributed by atoms with Crippen LogP contribution in [0.1, 0.15) is 48.1 Å². The zero-order chi connectivity index (χ0) is 28.3. The van der Waals surface area contributed by atoms with Crippen molar-refractivity contribution in [3.63, 3.8) is 0 Å². The summed E-state index contributed by atoms with van der Waals surface area (Å²) in [5.74, 6) is -2.28. The summed E-state index contributed by atoms with van der Waals surface area (Å²) in [4.78, 5) is 25.9. The van der Waals surface area contributed by atoms with Crippen molar-refractivity contribution in [2.45, 2.75) is 43.4 Å².